The fraction of sp³-hybridized carbons (Fsp3) is 0.562. The maximum Gasteiger partial charge on any atom is 0.220 e. The lowest BCUT2D eigenvalue weighted by molar-refractivity contribution is -0.121. The van der Waals surface area contributed by atoms with E-state index in [0.29, 0.717) is 18.2 Å². The molecule has 1 aromatic carbocycles. The van der Waals surface area contributed by atoms with Gasteiger partial charge in [0, 0.05) is 18.3 Å². The van der Waals surface area contributed by atoms with Crippen LogP contribution >= 0.6 is 11.6 Å². The zero-order valence-electron chi connectivity index (χ0n) is 12.1. The number of carbonyl (C=O) groups excluding carboxylic acids is 1. The molecule has 0 heterocycles. The average Bonchev–Trinajstić information content (AvgIpc) is 2.35. The summed E-state index contributed by atoms with van der Waals surface area (Å²) < 4.78 is 0. The van der Waals surface area contributed by atoms with Gasteiger partial charge in [-0.15, -0.1) is 11.6 Å². The number of hydrogen-bond acceptors (Lipinski definition) is 1. The number of amides is 1. The second-order valence-electron chi connectivity index (χ2n) is 5.54. The second-order valence-corrected chi connectivity index (χ2v) is 5.85. The summed E-state index contributed by atoms with van der Waals surface area (Å²) in [7, 11) is 0. The van der Waals surface area contributed by atoms with Crippen molar-refractivity contribution in [2.75, 3.05) is 5.88 Å². The first-order valence-electron chi connectivity index (χ1n) is 6.92. The Labute approximate surface area is 121 Å². The molecular weight excluding hydrogens is 258 g/mol. The van der Waals surface area contributed by atoms with Gasteiger partial charge in [0.2, 0.25) is 5.91 Å². The van der Waals surface area contributed by atoms with E-state index in [-0.39, 0.29) is 11.9 Å². The number of aryl methyl sites for hydroxylation is 2. The fourth-order valence-electron chi connectivity index (χ4n) is 2.15. The van der Waals surface area contributed by atoms with Crippen molar-refractivity contribution in [3.63, 3.8) is 0 Å². The van der Waals surface area contributed by atoms with E-state index in [1.54, 1.807) is 0 Å². The molecule has 3 heteroatoms. The van der Waals surface area contributed by atoms with Crippen molar-refractivity contribution in [1.82, 2.24) is 5.32 Å². The Morgan fingerprint density at radius 3 is 2.68 bits per heavy atom. The summed E-state index contributed by atoms with van der Waals surface area (Å²) in [6.45, 7) is 6.34. The lowest BCUT2D eigenvalue weighted by atomic mass is 10.0. The van der Waals surface area contributed by atoms with Gasteiger partial charge in [-0.05, 0) is 31.2 Å². The molecule has 1 amide bonds. The first kappa shape index (κ1) is 16.0. The molecule has 1 unspecified atom stereocenters. The second kappa shape index (κ2) is 8.21. The molecule has 106 valence electrons. The van der Waals surface area contributed by atoms with Crippen molar-refractivity contribution in [1.29, 1.82) is 0 Å². The predicted octanol–water partition coefficient (Wildman–Crippen LogP) is 3.70. The lowest BCUT2D eigenvalue weighted by Crippen LogP contribution is -2.37. The minimum absolute atomic E-state index is 0.0895. The third-order valence-electron chi connectivity index (χ3n) is 3.03. The summed E-state index contributed by atoms with van der Waals surface area (Å²) in [5, 5.41) is 3.01. The molecule has 1 aromatic rings. The summed E-state index contributed by atoms with van der Waals surface area (Å²) >= 11 is 5.88. The average molecular weight is 282 g/mol. The molecule has 0 aromatic heterocycles. The van der Waals surface area contributed by atoms with Gasteiger partial charge in [-0.25, -0.2) is 0 Å². The molecule has 0 bridgehead atoms. The zero-order chi connectivity index (χ0) is 14.3. The molecule has 0 spiro atoms. The molecule has 0 fully saturated rings. The van der Waals surface area contributed by atoms with Gasteiger partial charge >= 0.3 is 0 Å². The van der Waals surface area contributed by atoms with E-state index in [4.69, 9.17) is 11.6 Å². The van der Waals surface area contributed by atoms with E-state index in [0.717, 1.165) is 12.8 Å². The number of halogens is 1. The van der Waals surface area contributed by atoms with Gasteiger partial charge in [-0.1, -0.05) is 43.7 Å². The van der Waals surface area contributed by atoms with Gasteiger partial charge in [0.1, 0.15) is 0 Å². The Hall–Kier alpha value is -1.02. The molecule has 0 saturated carbocycles. The fourth-order valence-corrected chi connectivity index (χ4v) is 2.36. The Balaban J connectivity index is 2.38. The lowest BCUT2D eigenvalue weighted by Gasteiger charge is -2.18. The summed E-state index contributed by atoms with van der Waals surface area (Å²) in [5.74, 6) is 1.11. The number of benzene rings is 1. The molecule has 0 aliphatic carbocycles. The minimum atomic E-state index is 0.0895. The summed E-state index contributed by atoms with van der Waals surface area (Å²) in [6, 6.07) is 8.37. The standard InChI is InChI=1S/C16H24ClNO/c1-12(2)9-15(11-17)18-16(19)8-7-14-6-4-5-13(3)10-14/h4-6,10,12,15H,7-9,11H2,1-3H3,(H,18,19). The van der Waals surface area contributed by atoms with Crippen LogP contribution in [0, 0.1) is 12.8 Å². The first-order chi connectivity index (χ1) is 9.01. The van der Waals surface area contributed by atoms with Crippen molar-refractivity contribution in [3.05, 3.63) is 35.4 Å². The normalized spacial score (nSPS) is 12.5. The van der Waals surface area contributed by atoms with Crippen LogP contribution in [-0.2, 0) is 11.2 Å². The monoisotopic (exact) mass is 281 g/mol. The quantitative estimate of drug-likeness (QED) is 0.759. The summed E-state index contributed by atoms with van der Waals surface area (Å²) in [5.41, 5.74) is 2.44. The number of nitrogens with one attached hydrogen (secondary N) is 1. The third kappa shape index (κ3) is 6.63. The first-order valence-corrected chi connectivity index (χ1v) is 7.45. The van der Waals surface area contributed by atoms with Crippen LogP contribution in [0.25, 0.3) is 0 Å². The zero-order valence-corrected chi connectivity index (χ0v) is 12.8. The SMILES string of the molecule is Cc1cccc(CCC(=O)NC(CCl)CC(C)C)c1. The number of carbonyl (C=O) groups is 1. The van der Waals surface area contributed by atoms with E-state index >= 15 is 0 Å². The van der Waals surface area contributed by atoms with Gasteiger partial charge in [0.15, 0.2) is 0 Å². The van der Waals surface area contributed by atoms with Crippen LogP contribution in [-0.4, -0.2) is 17.8 Å². The van der Waals surface area contributed by atoms with Crippen molar-refractivity contribution in [2.45, 2.75) is 46.1 Å². The highest BCUT2D eigenvalue weighted by Gasteiger charge is 2.12. The van der Waals surface area contributed by atoms with Crippen LogP contribution in [0.15, 0.2) is 24.3 Å². The molecular formula is C16H24ClNO. The molecule has 2 nitrogen and oxygen atoms in total. The van der Waals surface area contributed by atoms with E-state index in [1.807, 2.05) is 6.07 Å². The van der Waals surface area contributed by atoms with E-state index in [1.165, 1.54) is 11.1 Å². The highest BCUT2D eigenvalue weighted by Crippen LogP contribution is 2.09. The van der Waals surface area contributed by atoms with Crippen molar-refractivity contribution >= 4 is 17.5 Å². The molecule has 1 atom stereocenters. The van der Waals surface area contributed by atoms with Crippen LogP contribution in [0.1, 0.15) is 37.8 Å². The van der Waals surface area contributed by atoms with Crippen molar-refractivity contribution in [2.24, 2.45) is 5.92 Å². The highest BCUT2D eigenvalue weighted by atomic mass is 35.5. The molecule has 0 radical (unpaired) electrons. The Morgan fingerprint density at radius 1 is 1.37 bits per heavy atom. The van der Waals surface area contributed by atoms with E-state index in [9.17, 15) is 4.79 Å². The topological polar surface area (TPSA) is 29.1 Å². The Morgan fingerprint density at radius 2 is 2.11 bits per heavy atom. The van der Waals surface area contributed by atoms with Gasteiger partial charge in [0.25, 0.3) is 0 Å². The smallest absolute Gasteiger partial charge is 0.220 e. The maximum absolute atomic E-state index is 11.9. The van der Waals surface area contributed by atoms with Gasteiger partial charge < -0.3 is 5.32 Å². The van der Waals surface area contributed by atoms with Crippen LogP contribution < -0.4 is 5.32 Å². The Kier molecular flexibility index (Phi) is 6.93. The maximum atomic E-state index is 11.9. The number of rotatable bonds is 7. The van der Waals surface area contributed by atoms with Crippen LogP contribution in [0.4, 0.5) is 0 Å². The molecule has 1 N–H and O–H groups in total. The van der Waals surface area contributed by atoms with Gasteiger partial charge in [-0.3, -0.25) is 4.79 Å². The Bertz CT molecular complexity index is 403. The van der Waals surface area contributed by atoms with Crippen LogP contribution in [0.2, 0.25) is 0 Å². The molecule has 19 heavy (non-hydrogen) atoms. The van der Waals surface area contributed by atoms with E-state index in [2.05, 4.69) is 44.3 Å². The molecule has 0 saturated heterocycles. The minimum Gasteiger partial charge on any atom is -0.352 e. The molecule has 0 aliphatic rings. The van der Waals surface area contributed by atoms with Crippen molar-refractivity contribution in [3.8, 4) is 0 Å². The third-order valence-corrected chi connectivity index (χ3v) is 3.40. The largest absolute Gasteiger partial charge is 0.352 e. The summed E-state index contributed by atoms with van der Waals surface area (Å²) in [4.78, 5) is 11.9. The number of hydrogen-bond donors (Lipinski definition) is 1. The van der Waals surface area contributed by atoms with E-state index < -0.39 is 0 Å². The predicted molar refractivity (Wildman–Crippen MR) is 81.6 cm³/mol. The molecule has 1 rings (SSSR count). The molecule has 0 aliphatic heterocycles. The van der Waals surface area contributed by atoms with Crippen LogP contribution in [0.3, 0.4) is 0 Å². The van der Waals surface area contributed by atoms with Crippen LogP contribution in [0.5, 0.6) is 0 Å². The summed E-state index contributed by atoms with van der Waals surface area (Å²) in [6.07, 6.45) is 2.23. The van der Waals surface area contributed by atoms with Gasteiger partial charge in [-0.2, -0.15) is 0 Å². The number of alkyl halides is 1. The van der Waals surface area contributed by atoms with Crippen molar-refractivity contribution < 1.29 is 4.79 Å². The van der Waals surface area contributed by atoms with Gasteiger partial charge in [0.05, 0.1) is 0 Å². The highest BCUT2D eigenvalue weighted by molar-refractivity contribution is 6.18.